The normalized spacial score (nSPS) is 17.6. The van der Waals surface area contributed by atoms with Crippen LogP contribution in [0.1, 0.15) is 6.42 Å². The van der Waals surface area contributed by atoms with E-state index in [9.17, 15) is 8.22 Å². The van der Waals surface area contributed by atoms with Gasteiger partial charge in [0.1, 0.15) is 0 Å². The molecule has 0 fully saturated rings. The fraction of sp³-hybridized carbons (Fsp3) is 0.200. The average Bonchev–Trinajstić information content (AvgIpc) is 2.12. The zero-order valence-electron chi connectivity index (χ0n) is 4.27. The minimum Gasteiger partial charge on any atom is -0.269 e. The molecule has 0 aromatic carbocycles. The van der Waals surface area contributed by atoms with Crippen molar-refractivity contribution in [3.05, 3.63) is 23.4 Å². The van der Waals surface area contributed by atoms with E-state index in [1.807, 2.05) is 0 Å². The zero-order valence-corrected chi connectivity index (χ0v) is 5.43. The Labute approximate surface area is 48.5 Å². The first-order chi connectivity index (χ1) is 3.80. The van der Waals surface area contributed by atoms with E-state index in [0.717, 1.165) is 0 Å². The number of halogens is 2. The molecule has 1 rings (SSSR count). The average molecular weight is 132 g/mol. The lowest BCUT2D eigenvalue weighted by Gasteiger charge is -1.88. The summed E-state index contributed by atoms with van der Waals surface area (Å²) < 4.78 is 23.5. The lowest BCUT2D eigenvalue weighted by atomic mass is 10.5. The minimum absolute atomic E-state index is 0.296. The van der Waals surface area contributed by atoms with Crippen molar-refractivity contribution in [3.63, 3.8) is 0 Å². The highest BCUT2D eigenvalue weighted by Gasteiger charge is 2.12. The molecule has 0 heterocycles. The van der Waals surface area contributed by atoms with E-state index in [1.54, 1.807) is 12.2 Å². The van der Waals surface area contributed by atoms with Crippen LogP contribution < -0.4 is 0 Å². The molecule has 0 saturated heterocycles. The molecule has 0 radical (unpaired) electrons. The highest BCUT2D eigenvalue weighted by Crippen LogP contribution is 2.12. The monoisotopic (exact) mass is 132 g/mol. The second-order valence-electron chi connectivity index (χ2n) is 1.64. The SMILES string of the molecule is F[SiH](F)C1=CCC=C1. The van der Waals surface area contributed by atoms with E-state index in [2.05, 4.69) is 0 Å². The van der Waals surface area contributed by atoms with Crippen LogP contribution in [0.15, 0.2) is 23.4 Å². The summed E-state index contributed by atoms with van der Waals surface area (Å²) in [6.07, 6.45) is 5.58. The van der Waals surface area contributed by atoms with E-state index >= 15 is 0 Å². The van der Waals surface area contributed by atoms with Crippen molar-refractivity contribution in [2.75, 3.05) is 0 Å². The van der Waals surface area contributed by atoms with Gasteiger partial charge in [0.05, 0.1) is 0 Å². The van der Waals surface area contributed by atoms with Gasteiger partial charge in [-0.2, -0.15) is 0 Å². The van der Waals surface area contributed by atoms with Gasteiger partial charge < -0.3 is 0 Å². The van der Waals surface area contributed by atoms with Crippen molar-refractivity contribution in [2.24, 2.45) is 0 Å². The maximum atomic E-state index is 11.8. The predicted octanol–water partition coefficient (Wildman–Crippen LogP) is 1.57. The maximum Gasteiger partial charge on any atom is 0.441 e. The zero-order chi connectivity index (χ0) is 5.98. The molecule has 0 aromatic heterocycles. The summed E-state index contributed by atoms with van der Waals surface area (Å²) in [5.74, 6) is 0. The second-order valence-corrected chi connectivity index (χ2v) is 2.91. The molecule has 0 spiro atoms. The van der Waals surface area contributed by atoms with Gasteiger partial charge in [-0.15, -0.1) is 0 Å². The first kappa shape index (κ1) is 5.69. The van der Waals surface area contributed by atoms with Crippen LogP contribution in [0, 0.1) is 0 Å². The first-order valence-corrected chi connectivity index (χ1v) is 3.90. The van der Waals surface area contributed by atoms with Crippen LogP contribution in [0.4, 0.5) is 8.22 Å². The highest BCUT2D eigenvalue weighted by atomic mass is 28.4. The molecule has 0 amide bonds. The Morgan fingerprint density at radius 3 is 2.50 bits per heavy atom. The molecular formula is C5H6F2Si. The van der Waals surface area contributed by atoms with Gasteiger partial charge in [0.15, 0.2) is 0 Å². The fourth-order valence-electron chi connectivity index (χ4n) is 0.638. The Bertz CT molecular complexity index is 137. The third kappa shape index (κ3) is 1.04. The molecule has 0 bridgehead atoms. The summed E-state index contributed by atoms with van der Waals surface area (Å²) in [5.41, 5.74) is 0. The van der Waals surface area contributed by atoms with Gasteiger partial charge in [-0.3, -0.25) is 8.22 Å². The van der Waals surface area contributed by atoms with Crippen molar-refractivity contribution in [1.29, 1.82) is 0 Å². The molecule has 0 nitrogen and oxygen atoms in total. The van der Waals surface area contributed by atoms with E-state index < -0.39 is 9.46 Å². The van der Waals surface area contributed by atoms with Crippen LogP contribution in [-0.4, -0.2) is 9.46 Å². The van der Waals surface area contributed by atoms with Gasteiger partial charge in [0.25, 0.3) is 0 Å². The van der Waals surface area contributed by atoms with E-state index in [4.69, 9.17) is 0 Å². The molecule has 0 aromatic rings. The Hall–Kier alpha value is -0.443. The predicted molar refractivity (Wildman–Crippen MR) is 31.2 cm³/mol. The lowest BCUT2D eigenvalue weighted by molar-refractivity contribution is 0.678. The standard InChI is InChI=1S/C5H6F2Si/c6-8(7)5-3-1-2-4-5/h1,3-4,8H,2H2. The molecule has 3 heteroatoms. The van der Waals surface area contributed by atoms with Crippen LogP contribution in [0.2, 0.25) is 0 Å². The topological polar surface area (TPSA) is 0 Å². The molecular weight excluding hydrogens is 126 g/mol. The van der Waals surface area contributed by atoms with Crippen LogP contribution in [0.3, 0.4) is 0 Å². The van der Waals surface area contributed by atoms with Gasteiger partial charge in [-0.1, -0.05) is 18.2 Å². The number of hydrogen-bond acceptors (Lipinski definition) is 0. The van der Waals surface area contributed by atoms with Gasteiger partial charge in [0, 0.05) is 0 Å². The minimum atomic E-state index is -3.45. The van der Waals surface area contributed by atoms with Gasteiger partial charge >= 0.3 is 9.46 Å². The van der Waals surface area contributed by atoms with E-state index in [0.29, 0.717) is 11.6 Å². The number of hydrogen-bond donors (Lipinski definition) is 0. The Kier molecular flexibility index (Phi) is 1.58. The van der Waals surface area contributed by atoms with Crippen LogP contribution in [0.25, 0.3) is 0 Å². The molecule has 0 unspecified atom stereocenters. The largest absolute Gasteiger partial charge is 0.441 e. The third-order valence-corrected chi connectivity index (χ3v) is 1.98. The second kappa shape index (κ2) is 2.22. The molecule has 0 aliphatic heterocycles. The van der Waals surface area contributed by atoms with Crippen molar-refractivity contribution in [3.8, 4) is 0 Å². The summed E-state index contributed by atoms with van der Waals surface area (Å²) in [6, 6.07) is 0. The molecule has 1 aliphatic carbocycles. The van der Waals surface area contributed by atoms with Crippen molar-refractivity contribution >= 4 is 9.46 Å². The Morgan fingerprint density at radius 2 is 2.25 bits per heavy atom. The van der Waals surface area contributed by atoms with E-state index in [-0.39, 0.29) is 0 Å². The van der Waals surface area contributed by atoms with Gasteiger partial charge in [0.2, 0.25) is 0 Å². The molecule has 1 aliphatic rings. The van der Waals surface area contributed by atoms with Crippen LogP contribution in [0.5, 0.6) is 0 Å². The van der Waals surface area contributed by atoms with Crippen molar-refractivity contribution in [2.45, 2.75) is 6.42 Å². The van der Waals surface area contributed by atoms with E-state index in [1.165, 1.54) is 6.08 Å². The van der Waals surface area contributed by atoms with Crippen LogP contribution >= 0.6 is 0 Å². The molecule has 44 valence electrons. The smallest absolute Gasteiger partial charge is 0.269 e. The highest BCUT2D eigenvalue weighted by molar-refractivity contribution is 6.53. The fourth-order valence-corrected chi connectivity index (χ4v) is 1.23. The van der Waals surface area contributed by atoms with Crippen molar-refractivity contribution in [1.82, 2.24) is 0 Å². The maximum absolute atomic E-state index is 11.8. The summed E-state index contributed by atoms with van der Waals surface area (Å²) >= 11 is 0. The quantitative estimate of drug-likeness (QED) is 0.375. The summed E-state index contributed by atoms with van der Waals surface area (Å²) in [4.78, 5) is 0. The molecule has 0 atom stereocenters. The van der Waals surface area contributed by atoms with Gasteiger partial charge in [-0.25, -0.2) is 0 Å². The number of allylic oxidation sites excluding steroid dienone is 4. The van der Waals surface area contributed by atoms with Gasteiger partial charge in [-0.05, 0) is 11.6 Å². The van der Waals surface area contributed by atoms with Crippen molar-refractivity contribution < 1.29 is 8.22 Å². The first-order valence-electron chi connectivity index (χ1n) is 2.45. The molecule has 8 heavy (non-hydrogen) atoms. The Balaban J connectivity index is 2.58. The summed E-state index contributed by atoms with van der Waals surface area (Å²) in [6.45, 7) is 0. The summed E-state index contributed by atoms with van der Waals surface area (Å²) in [5, 5.41) is 0.296. The number of rotatable bonds is 1. The third-order valence-electron chi connectivity index (χ3n) is 1.05. The van der Waals surface area contributed by atoms with Crippen LogP contribution in [-0.2, 0) is 0 Å². The lowest BCUT2D eigenvalue weighted by Crippen LogP contribution is -1.97. The molecule has 0 saturated carbocycles. The molecule has 0 N–H and O–H groups in total. The Morgan fingerprint density at radius 1 is 1.50 bits per heavy atom. The summed E-state index contributed by atoms with van der Waals surface area (Å²) in [7, 11) is -3.45.